The molecule has 3 nitrogen and oxygen atoms in total. The lowest BCUT2D eigenvalue weighted by atomic mass is 10.1. The van der Waals surface area contributed by atoms with Crippen LogP contribution in [0.5, 0.6) is 0 Å². The van der Waals surface area contributed by atoms with Gasteiger partial charge in [0.1, 0.15) is 0 Å². The molecule has 2 atom stereocenters. The van der Waals surface area contributed by atoms with Gasteiger partial charge in [0.2, 0.25) is 0 Å². The van der Waals surface area contributed by atoms with Crippen molar-refractivity contribution in [2.75, 3.05) is 13.1 Å². The number of benzene rings is 1. The van der Waals surface area contributed by atoms with Crippen molar-refractivity contribution in [1.82, 2.24) is 10.2 Å². The van der Waals surface area contributed by atoms with Crippen LogP contribution in [-0.4, -0.2) is 30.2 Å². The van der Waals surface area contributed by atoms with Gasteiger partial charge in [0.25, 0.3) is 0 Å². The number of hydrogen-bond donors (Lipinski definition) is 1. The molecule has 0 aliphatic carbocycles. The quantitative estimate of drug-likeness (QED) is 0.875. The van der Waals surface area contributed by atoms with Crippen LogP contribution in [0.4, 0.5) is 0 Å². The zero-order valence-corrected chi connectivity index (χ0v) is 14.8. The maximum Gasteiger partial charge on any atom is 0.0678 e. The predicted molar refractivity (Wildman–Crippen MR) is 96.6 cm³/mol. The second-order valence-corrected chi connectivity index (χ2v) is 7.44. The first-order chi connectivity index (χ1) is 11.2. The van der Waals surface area contributed by atoms with E-state index in [0.29, 0.717) is 12.2 Å². The van der Waals surface area contributed by atoms with Crippen LogP contribution in [-0.2, 0) is 24.4 Å². The Kier molecular flexibility index (Phi) is 5.84. The van der Waals surface area contributed by atoms with E-state index in [9.17, 15) is 0 Å². The van der Waals surface area contributed by atoms with Crippen molar-refractivity contribution in [3.63, 3.8) is 0 Å². The van der Waals surface area contributed by atoms with Crippen molar-refractivity contribution < 1.29 is 4.74 Å². The number of rotatable bonds is 6. The molecule has 1 aromatic carbocycles. The monoisotopic (exact) mass is 330 g/mol. The number of hydrogen-bond acceptors (Lipinski definition) is 4. The van der Waals surface area contributed by atoms with Gasteiger partial charge in [-0.3, -0.25) is 4.90 Å². The van der Waals surface area contributed by atoms with Crippen molar-refractivity contribution >= 4 is 11.3 Å². The second-order valence-electron chi connectivity index (χ2n) is 6.40. The molecule has 2 unspecified atom stereocenters. The van der Waals surface area contributed by atoms with Gasteiger partial charge in [0.15, 0.2) is 0 Å². The van der Waals surface area contributed by atoms with Crippen LogP contribution < -0.4 is 5.32 Å². The molecule has 23 heavy (non-hydrogen) atoms. The lowest BCUT2D eigenvalue weighted by Gasteiger charge is -2.35. The zero-order valence-electron chi connectivity index (χ0n) is 14.0. The van der Waals surface area contributed by atoms with Crippen molar-refractivity contribution in [2.24, 2.45) is 0 Å². The van der Waals surface area contributed by atoms with Gasteiger partial charge < -0.3 is 10.1 Å². The highest BCUT2D eigenvalue weighted by atomic mass is 32.1. The molecular formula is C19H26N2OS. The third-order valence-corrected chi connectivity index (χ3v) is 5.08. The molecular weight excluding hydrogens is 304 g/mol. The minimum absolute atomic E-state index is 0.322. The summed E-state index contributed by atoms with van der Waals surface area (Å²) in [5.41, 5.74) is 2.82. The van der Waals surface area contributed by atoms with Crippen LogP contribution in [0, 0.1) is 0 Å². The highest BCUT2D eigenvalue weighted by Crippen LogP contribution is 2.17. The average Bonchev–Trinajstić information content (AvgIpc) is 3.01. The molecule has 1 aliphatic heterocycles. The number of nitrogens with one attached hydrogen (secondary N) is 1. The highest BCUT2D eigenvalue weighted by Gasteiger charge is 2.22. The Morgan fingerprint density at radius 2 is 1.78 bits per heavy atom. The van der Waals surface area contributed by atoms with Gasteiger partial charge in [-0.05, 0) is 36.4 Å². The summed E-state index contributed by atoms with van der Waals surface area (Å²) < 4.78 is 5.84. The summed E-state index contributed by atoms with van der Waals surface area (Å²) in [5.74, 6) is 0. The summed E-state index contributed by atoms with van der Waals surface area (Å²) in [7, 11) is 0. The van der Waals surface area contributed by atoms with E-state index in [4.69, 9.17) is 4.74 Å². The standard InChI is InChI=1S/C19H26N2OS/c1-15-12-21(13-16(2)22-15)14-18-7-4-3-6-17(18)10-20-11-19-8-5-9-23-19/h3-9,15-16,20H,10-14H2,1-2H3. The van der Waals surface area contributed by atoms with E-state index in [1.54, 1.807) is 11.3 Å². The molecule has 0 saturated carbocycles. The van der Waals surface area contributed by atoms with Gasteiger partial charge in [0.05, 0.1) is 12.2 Å². The zero-order chi connectivity index (χ0) is 16.1. The smallest absolute Gasteiger partial charge is 0.0678 e. The Balaban J connectivity index is 1.58. The SMILES string of the molecule is CC1CN(Cc2ccccc2CNCc2cccs2)CC(C)O1. The lowest BCUT2D eigenvalue weighted by molar-refractivity contribution is -0.0705. The van der Waals surface area contributed by atoms with Crippen LogP contribution in [0.25, 0.3) is 0 Å². The molecule has 1 N–H and O–H groups in total. The number of nitrogens with zero attached hydrogens (tertiary/aromatic N) is 1. The summed E-state index contributed by atoms with van der Waals surface area (Å²) in [6.45, 7) is 9.23. The topological polar surface area (TPSA) is 24.5 Å². The summed E-state index contributed by atoms with van der Waals surface area (Å²) in [5, 5.41) is 5.70. The largest absolute Gasteiger partial charge is 0.373 e. The molecule has 1 aromatic heterocycles. The van der Waals surface area contributed by atoms with Crippen LogP contribution in [0.15, 0.2) is 41.8 Å². The van der Waals surface area contributed by atoms with E-state index in [1.807, 2.05) is 0 Å². The van der Waals surface area contributed by atoms with Gasteiger partial charge in [-0.25, -0.2) is 0 Å². The third-order valence-electron chi connectivity index (χ3n) is 4.20. The molecule has 0 radical (unpaired) electrons. The first-order valence-electron chi connectivity index (χ1n) is 8.38. The summed E-state index contributed by atoms with van der Waals surface area (Å²) in [6, 6.07) is 13.1. The molecule has 2 aromatic rings. The highest BCUT2D eigenvalue weighted by molar-refractivity contribution is 7.09. The molecule has 4 heteroatoms. The molecule has 0 spiro atoms. The molecule has 0 bridgehead atoms. The normalized spacial score (nSPS) is 22.3. The van der Waals surface area contributed by atoms with Gasteiger partial charge in [-0.2, -0.15) is 0 Å². The van der Waals surface area contributed by atoms with E-state index < -0.39 is 0 Å². The molecule has 1 aliphatic rings. The van der Waals surface area contributed by atoms with Gasteiger partial charge in [-0.15, -0.1) is 11.3 Å². The molecule has 0 amide bonds. The third kappa shape index (κ3) is 4.88. The van der Waals surface area contributed by atoms with Crippen LogP contribution in [0.3, 0.4) is 0 Å². The first-order valence-corrected chi connectivity index (χ1v) is 9.26. The van der Waals surface area contributed by atoms with Crippen LogP contribution in [0.1, 0.15) is 29.9 Å². The molecule has 3 rings (SSSR count). The van der Waals surface area contributed by atoms with Crippen LogP contribution in [0.2, 0.25) is 0 Å². The minimum Gasteiger partial charge on any atom is -0.373 e. The van der Waals surface area contributed by atoms with E-state index in [1.165, 1.54) is 16.0 Å². The van der Waals surface area contributed by atoms with Crippen molar-refractivity contribution in [1.29, 1.82) is 0 Å². The average molecular weight is 330 g/mol. The number of ether oxygens (including phenoxy) is 1. The minimum atomic E-state index is 0.322. The van der Waals surface area contributed by atoms with Gasteiger partial charge >= 0.3 is 0 Å². The Morgan fingerprint density at radius 3 is 2.48 bits per heavy atom. The second kappa shape index (κ2) is 8.06. The predicted octanol–water partition coefficient (Wildman–Crippen LogP) is 3.65. The summed E-state index contributed by atoms with van der Waals surface area (Å²) in [4.78, 5) is 3.90. The van der Waals surface area contributed by atoms with Crippen molar-refractivity contribution in [3.8, 4) is 0 Å². The number of morpholine rings is 1. The van der Waals surface area contributed by atoms with E-state index in [0.717, 1.165) is 32.7 Å². The lowest BCUT2D eigenvalue weighted by Crippen LogP contribution is -2.45. The Labute approximate surface area is 143 Å². The Hall–Kier alpha value is -1.20. The van der Waals surface area contributed by atoms with E-state index in [-0.39, 0.29) is 0 Å². The molecule has 1 fully saturated rings. The van der Waals surface area contributed by atoms with Crippen molar-refractivity contribution in [3.05, 3.63) is 57.8 Å². The van der Waals surface area contributed by atoms with E-state index in [2.05, 4.69) is 65.8 Å². The fourth-order valence-corrected chi connectivity index (χ4v) is 3.95. The fraction of sp³-hybridized carbons (Fsp3) is 0.474. The van der Waals surface area contributed by atoms with E-state index >= 15 is 0 Å². The number of thiophene rings is 1. The summed E-state index contributed by atoms with van der Waals surface area (Å²) >= 11 is 1.81. The maximum atomic E-state index is 5.84. The maximum absolute atomic E-state index is 5.84. The Bertz CT molecular complexity index is 589. The molecule has 2 heterocycles. The first kappa shape index (κ1) is 16.7. The summed E-state index contributed by atoms with van der Waals surface area (Å²) in [6.07, 6.45) is 0.644. The van der Waals surface area contributed by atoms with Crippen LogP contribution >= 0.6 is 11.3 Å². The van der Waals surface area contributed by atoms with Gasteiger partial charge in [-0.1, -0.05) is 30.3 Å². The molecule has 124 valence electrons. The Morgan fingerprint density at radius 1 is 1.04 bits per heavy atom. The van der Waals surface area contributed by atoms with Crippen molar-refractivity contribution in [2.45, 2.75) is 45.7 Å². The molecule has 1 saturated heterocycles. The van der Waals surface area contributed by atoms with Gasteiger partial charge in [0, 0.05) is 37.6 Å². The fourth-order valence-electron chi connectivity index (χ4n) is 3.27.